The molecular weight excluding hydrogens is 370 g/mol. The molecule has 0 aromatic heterocycles. The fourth-order valence-corrected chi connectivity index (χ4v) is 4.09. The fraction of sp³-hybridized carbons (Fsp3) is 0.630. The number of allylic oxidation sites excluding steroid dienone is 2. The van der Waals surface area contributed by atoms with Crippen molar-refractivity contribution >= 4 is 0 Å². The van der Waals surface area contributed by atoms with Gasteiger partial charge in [-0.2, -0.15) is 0 Å². The molecule has 0 amide bonds. The molecule has 0 heterocycles. The second-order valence-electron chi connectivity index (χ2n) is 10.8. The standard InChI is InChI=1S/C27H46NO2/c1-10-12-23(11-2)21-28(8,9)17-18-29-19-20-30-25-15-13-24(14-16-25)27(6,7)22-26(3,4)5/h10-16H,17-22H2,1-9H3/q+1/b12-10-,23-11+. The topological polar surface area (TPSA) is 18.5 Å². The lowest BCUT2D eigenvalue weighted by molar-refractivity contribution is -0.885. The van der Waals surface area contributed by atoms with Gasteiger partial charge in [-0.3, -0.25) is 0 Å². The van der Waals surface area contributed by atoms with Gasteiger partial charge in [0.2, 0.25) is 0 Å². The molecule has 0 radical (unpaired) electrons. The van der Waals surface area contributed by atoms with E-state index in [2.05, 4.69) is 105 Å². The average molecular weight is 417 g/mol. The maximum absolute atomic E-state index is 5.87. The molecule has 1 rings (SSSR count). The lowest BCUT2D eigenvalue weighted by Gasteiger charge is -2.33. The largest absolute Gasteiger partial charge is 0.491 e. The summed E-state index contributed by atoms with van der Waals surface area (Å²) in [6.07, 6.45) is 7.61. The highest BCUT2D eigenvalue weighted by atomic mass is 16.5. The summed E-state index contributed by atoms with van der Waals surface area (Å²) in [7, 11) is 4.49. The van der Waals surface area contributed by atoms with Gasteiger partial charge >= 0.3 is 0 Å². The summed E-state index contributed by atoms with van der Waals surface area (Å²) >= 11 is 0. The number of hydrogen-bond acceptors (Lipinski definition) is 2. The highest BCUT2D eigenvalue weighted by Crippen LogP contribution is 2.36. The van der Waals surface area contributed by atoms with Gasteiger partial charge in [-0.15, -0.1) is 0 Å². The highest BCUT2D eigenvalue weighted by Gasteiger charge is 2.27. The highest BCUT2D eigenvalue weighted by molar-refractivity contribution is 5.31. The van der Waals surface area contributed by atoms with Gasteiger partial charge in [0, 0.05) is 5.57 Å². The van der Waals surface area contributed by atoms with Crippen LogP contribution in [-0.4, -0.2) is 51.5 Å². The summed E-state index contributed by atoms with van der Waals surface area (Å²) < 4.78 is 12.6. The van der Waals surface area contributed by atoms with Gasteiger partial charge in [0.25, 0.3) is 0 Å². The SMILES string of the molecule is C/C=C\C(=C/C)C[N+](C)(C)CCOCCOc1ccc(C(C)(C)CC(C)(C)C)cc1. The van der Waals surface area contributed by atoms with Crippen LogP contribution in [-0.2, 0) is 10.2 Å². The van der Waals surface area contributed by atoms with Crippen LogP contribution in [0.3, 0.4) is 0 Å². The Morgan fingerprint density at radius 1 is 0.933 bits per heavy atom. The van der Waals surface area contributed by atoms with Crippen LogP contribution in [0.2, 0.25) is 0 Å². The summed E-state index contributed by atoms with van der Waals surface area (Å²) in [6, 6.07) is 8.57. The summed E-state index contributed by atoms with van der Waals surface area (Å²) in [5.74, 6) is 0.911. The van der Waals surface area contributed by atoms with Gasteiger partial charge < -0.3 is 14.0 Å². The van der Waals surface area contributed by atoms with E-state index in [1.165, 1.54) is 11.1 Å². The van der Waals surface area contributed by atoms with E-state index >= 15 is 0 Å². The molecule has 3 heteroatoms. The molecule has 0 spiro atoms. The average Bonchev–Trinajstić information content (AvgIpc) is 2.62. The summed E-state index contributed by atoms with van der Waals surface area (Å²) in [5, 5.41) is 0. The van der Waals surface area contributed by atoms with E-state index in [0.29, 0.717) is 18.6 Å². The lowest BCUT2D eigenvalue weighted by atomic mass is 9.72. The van der Waals surface area contributed by atoms with Crippen molar-refractivity contribution in [2.24, 2.45) is 5.41 Å². The minimum absolute atomic E-state index is 0.157. The van der Waals surface area contributed by atoms with Crippen LogP contribution in [0.25, 0.3) is 0 Å². The number of rotatable bonds is 12. The predicted molar refractivity (Wildman–Crippen MR) is 130 cm³/mol. The molecular formula is C27H46NO2+. The van der Waals surface area contributed by atoms with Crippen LogP contribution < -0.4 is 4.74 Å². The quantitative estimate of drug-likeness (QED) is 0.223. The molecule has 0 N–H and O–H groups in total. The van der Waals surface area contributed by atoms with E-state index in [0.717, 1.165) is 36.3 Å². The van der Waals surface area contributed by atoms with Crippen molar-refractivity contribution in [2.75, 3.05) is 47.0 Å². The molecule has 1 aromatic carbocycles. The molecule has 30 heavy (non-hydrogen) atoms. The number of hydrogen-bond donors (Lipinski definition) is 0. The van der Waals surface area contributed by atoms with Crippen LogP contribution in [0.4, 0.5) is 0 Å². The molecule has 0 saturated carbocycles. The van der Waals surface area contributed by atoms with E-state index < -0.39 is 0 Å². The monoisotopic (exact) mass is 416 g/mol. The van der Waals surface area contributed by atoms with Crippen LogP contribution in [0, 0.1) is 5.41 Å². The van der Waals surface area contributed by atoms with Crippen molar-refractivity contribution in [1.29, 1.82) is 0 Å². The van der Waals surface area contributed by atoms with E-state index in [9.17, 15) is 0 Å². The number of nitrogens with zero attached hydrogens (tertiary/aromatic N) is 1. The van der Waals surface area contributed by atoms with Crippen LogP contribution in [0.5, 0.6) is 5.75 Å². The van der Waals surface area contributed by atoms with E-state index in [-0.39, 0.29) is 5.41 Å². The van der Waals surface area contributed by atoms with E-state index in [4.69, 9.17) is 9.47 Å². The zero-order valence-electron chi connectivity index (χ0n) is 21.0. The summed E-state index contributed by atoms with van der Waals surface area (Å²) in [5.41, 5.74) is 3.19. The number of quaternary nitrogens is 1. The molecule has 0 bridgehead atoms. The van der Waals surface area contributed by atoms with Crippen molar-refractivity contribution < 1.29 is 14.0 Å². The maximum atomic E-state index is 5.87. The molecule has 0 aliphatic carbocycles. The zero-order valence-corrected chi connectivity index (χ0v) is 21.0. The number of benzene rings is 1. The smallest absolute Gasteiger partial charge is 0.119 e. The Labute approximate surface area is 186 Å². The Morgan fingerprint density at radius 3 is 2.10 bits per heavy atom. The Bertz CT molecular complexity index is 676. The van der Waals surface area contributed by atoms with Crippen molar-refractivity contribution in [2.45, 2.75) is 60.3 Å². The van der Waals surface area contributed by atoms with Crippen LogP contribution >= 0.6 is 0 Å². The third-order valence-corrected chi connectivity index (χ3v) is 5.31. The minimum atomic E-state index is 0.157. The van der Waals surface area contributed by atoms with Gasteiger partial charge in [-0.1, -0.05) is 65.0 Å². The predicted octanol–water partition coefficient (Wildman–Crippen LogP) is 6.39. The third kappa shape index (κ3) is 10.4. The first-order valence-electron chi connectivity index (χ1n) is 11.3. The second kappa shape index (κ2) is 11.7. The zero-order chi connectivity index (χ0) is 22.8. The van der Waals surface area contributed by atoms with Gasteiger partial charge in [-0.05, 0) is 48.8 Å². The maximum Gasteiger partial charge on any atom is 0.119 e. The Balaban J connectivity index is 2.36. The Kier molecular flexibility index (Phi) is 10.3. The number of likely N-dealkylation sites (N-methyl/N-ethyl adjacent to an activating group) is 1. The summed E-state index contributed by atoms with van der Waals surface area (Å²) in [6.45, 7) is 19.6. The summed E-state index contributed by atoms with van der Waals surface area (Å²) in [4.78, 5) is 0. The van der Waals surface area contributed by atoms with Crippen LogP contribution in [0.15, 0.2) is 48.1 Å². The van der Waals surface area contributed by atoms with E-state index in [1.54, 1.807) is 0 Å². The molecule has 1 aromatic rings. The molecule has 0 fully saturated rings. The minimum Gasteiger partial charge on any atom is -0.491 e. The normalized spacial score (nSPS) is 13.8. The molecule has 0 aliphatic rings. The molecule has 0 unspecified atom stereocenters. The van der Waals surface area contributed by atoms with Crippen LogP contribution in [0.1, 0.15) is 60.5 Å². The van der Waals surface area contributed by atoms with Gasteiger partial charge in [0.1, 0.15) is 25.4 Å². The van der Waals surface area contributed by atoms with Crippen molar-refractivity contribution in [1.82, 2.24) is 0 Å². The number of ether oxygens (including phenoxy) is 2. The van der Waals surface area contributed by atoms with Gasteiger partial charge in [0.15, 0.2) is 0 Å². The van der Waals surface area contributed by atoms with E-state index in [1.807, 2.05) is 0 Å². The van der Waals surface area contributed by atoms with Crippen molar-refractivity contribution in [3.63, 3.8) is 0 Å². The van der Waals surface area contributed by atoms with Gasteiger partial charge in [-0.25, -0.2) is 0 Å². The molecule has 0 atom stereocenters. The Morgan fingerprint density at radius 2 is 1.57 bits per heavy atom. The third-order valence-electron chi connectivity index (χ3n) is 5.31. The fourth-order valence-electron chi connectivity index (χ4n) is 4.09. The lowest BCUT2D eigenvalue weighted by Crippen LogP contribution is -2.43. The van der Waals surface area contributed by atoms with Gasteiger partial charge in [0.05, 0.1) is 27.3 Å². The first kappa shape index (κ1) is 26.5. The molecule has 0 aliphatic heterocycles. The van der Waals surface area contributed by atoms with Crippen molar-refractivity contribution in [3.8, 4) is 5.75 Å². The second-order valence-corrected chi connectivity index (χ2v) is 10.8. The van der Waals surface area contributed by atoms with Crippen molar-refractivity contribution in [3.05, 3.63) is 53.6 Å². The Hall–Kier alpha value is -1.58. The first-order valence-corrected chi connectivity index (χ1v) is 11.3. The first-order chi connectivity index (χ1) is 13.9. The molecule has 3 nitrogen and oxygen atoms in total. The molecule has 0 saturated heterocycles. The molecule has 170 valence electrons.